The molecule has 0 aliphatic heterocycles. The smallest absolute Gasteiger partial charge is 0.315 e. The molecular weight excluding hydrogens is 316 g/mol. The summed E-state index contributed by atoms with van der Waals surface area (Å²) >= 11 is 0. The van der Waals surface area contributed by atoms with Crippen LogP contribution in [0.5, 0.6) is 0 Å². The quantitative estimate of drug-likeness (QED) is 0.814. The lowest BCUT2D eigenvalue weighted by atomic mass is 10.2. The molecule has 2 amide bonds. The molecule has 0 saturated heterocycles. The highest BCUT2D eigenvalue weighted by molar-refractivity contribution is 5.75. The summed E-state index contributed by atoms with van der Waals surface area (Å²) in [7, 11) is 1.66. The van der Waals surface area contributed by atoms with Gasteiger partial charge in [0.15, 0.2) is 0 Å². The number of carbonyl (C=O) groups is 1. The highest BCUT2D eigenvalue weighted by atomic mass is 16.5. The Labute approximate surface area is 147 Å². The number of rotatable bonds is 7. The average molecular weight is 340 g/mol. The standard InChI is InChI=1S/C19H24N4O2/c1-25-13-19(9-10-19)21-18(24)20-12-14-2-6-16(7-3-14)23-11-8-17(22-23)15-4-5-15/h2-3,6-8,11,15H,4-5,9-10,12-13H2,1H3,(H2,20,21,24). The maximum atomic E-state index is 12.0. The molecule has 1 aromatic carbocycles. The summed E-state index contributed by atoms with van der Waals surface area (Å²) in [6, 6.07) is 10.1. The van der Waals surface area contributed by atoms with Gasteiger partial charge in [0, 0.05) is 25.8 Å². The molecule has 1 heterocycles. The number of nitrogens with one attached hydrogen (secondary N) is 2. The van der Waals surface area contributed by atoms with Crippen molar-refractivity contribution in [3.8, 4) is 5.69 Å². The Morgan fingerprint density at radius 2 is 2.04 bits per heavy atom. The van der Waals surface area contributed by atoms with Gasteiger partial charge in [-0.3, -0.25) is 0 Å². The SMILES string of the molecule is COCC1(NC(=O)NCc2ccc(-n3ccc(C4CC4)n3)cc2)CC1. The van der Waals surface area contributed by atoms with E-state index in [1.165, 1.54) is 18.5 Å². The molecule has 25 heavy (non-hydrogen) atoms. The Balaban J connectivity index is 1.30. The van der Waals surface area contributed by atoms with Gasteiger partial charge >= 0.3 is 6.03 Å². The van der Waals surface area contributed by atoms with Crippen LogP contribution in [-0.4, -0.2) is 35.1 Å². The molecule has 2 aromatic rings. The number of urea groups is 1. The lowest BCUT2D eigenvalue weighted by molar-refractivity contribution is 0.157. The summed E-state index contributed by atoms with van der Waals surface area (Å²) in [5.41, 5.74) is 3.14. The van der Waals surface area contributed by atoms with Crippen LogP contribution in [0.15, 0.2) is 36.5 Å². The number of hydrogen-bond donors (Lipinski definition) is 2. The average Bonchev–Trinajstić information content (AvgIpc) is 3.54. The second-order valence-corrected chi connectivity index (χ2v) is 7.15. The molecule has 2 aliphatic rings. The number of nitrogens with zero attached hydrogens (tertiary/aromatic N) is 2. The summed E-state index contributed by atoms with van der Waals surface area (Å²) in [6.45, 7) is 1.07. The van der Waals surface area contributed by atoms with E-state index in [0.29, 0.717) is 19.1 Å². The zero-order valence-electron chi connectivity index (χ0n) is 14.5. The Morgan fingerprint density at radius 1 is 1.28 bits per heavy atom. The molecular formula is C19H24N4O2. The van der Waals surface area contributed by atoms with E-state index >= 15 is 0 Å². The van der Waals surface area contributed by atoms with E-state index in [1.54, 1.807) is 7.11 Å². The van der Waals surface area contributed by atoms with Crippen LogP contribution in [0.2, 0.25) is 0 Å². The third kappa shape index (κ3) is 3.85. The molecule has 2 fully saturated rings. The largest absolute Gasteiger partial charge is 0.382 e. The summed E-state index contributed by atoms with van der Waals surface area (Å²) in [5, 5.41) is 10.6. The van der Waals surface area contributed by atoms with Gasteiger partial charge in [-0.1, -0.05) is 12.1 Å². The van der Waals surface area contributed by atoms with Gasteiger partial charge < -0.3 is 15.4 Å². The summed E-state index contributed by atoms with van der Waals surface area (Å²) < 4.78 is 7.07. The van der Waals surface area contributed by atoms with Crippen molar-refractivity contribution in [1.82, 2.24) is 20.4 Å². The van der Waals surface area contributed by atoms with Gasteiger partial charge in [-0.15, -0.1) is 0 Å². The molecule has 6 heteroatoms. The summed E-state index contributed by atoms with van der Waals surface area (Å²) in [4.78, 5) is 12.0. The lowest BCUT2D eigenvalue weighted by Crippen LogP contribution is -2.45. The van der Waals surface area contributed by atoms with E-state index in [1.807, 2.05) is 35.1 Å². The molecule has 132 valence electrons. The minimum Gasteiger partial charge on any atom is -0.382 e. The van der Waals surface area contributed by atoms with Crippen molar-refractivity contribution >= 4 is 6.03 Å². The van der Waals surface area contributed by atoms with E-state index in [-0.39, 0.29) is 11.6 Å². The van der Waals surface area contributed by atoms with Crippen molar-refractivity contribution in [3.05, 3.63) is 47.8 Å². The molecule has 2 aliphatic carbocycles. The van der Waals surface area contributed by atoms with Gasteiger partial charge in [0.25, 0.3) is 0 Å². The van der Waals surface area contributed by atoms with Crippen molar-refractivity contribution in [2.75, 3.05) is 13.7 Å². The van der Waals surface area contributed by atoms with E-state index in [4.69, 9.17) is 4.74 Å². The van der Waals surface area contributed by atoms with Gasteiger partial charge in [0.05, 0.1) is 23.5 Å². The molecule has 0 bridgehead atoms. The Morgan fingerprint density at radius 3 is 2.68 bits per heavy atom. The Kier molecular flexibility index (Phi) is 4.21. The maximum Gasteiger partial charge on any atom is 0.315 e. The molecule has 2 N–H and O–H groups in total. The highest BCUT2D eigenvalue weighted by Crippen LogP contribution is 2.39. The predicted molar refractivity (Wildman–Crippen MR) is 94.8 cm³/mol. The summed E-state index contributed by atoms with van der Waals surface area (Å²) in [5.74, 6) is 0.663. The molecule has 0 spiro atoms. The minimum atomic E-state index is -0.151. The van der Waals surface area contributed by atoms with E-state index in [2.05, 4.69) is 21.8 Å². The first-order valence-corrected chi connectivity index (χ1v) is 8.87. The summed E-state index contributed by atoms with van der Waals surface area (Å²) in [6.07, 6.45) is 6.50. The van der Waals surface area contributed by atoms with Gasteiger partial charge in [-0.25, -0.2) is 9.48 Å². The molecule has 0 atom stereocenters. The first-order chi connectivity index (χ1) is 12.2. The molecule has 0 unspecified atom stereocenters. The molecule has 2 saturated carbocycles. The highest BCUT2D eigenvalue weighted by Gasteiger charge is 2.44. The Hall–Kier alpha value is -2.34. The number of hydrogen-bond acceptors (Lipinski definition) is 3. The van der Waals surface area contributed by atoms with Crippen LogP contribution in [0.4, 0.5) is 4.79 Å². The number of methoxy groups -OCH3 is 1. The molecule has 6 nitrogen and oxygen atoms in total. The maximum absolute atomic E-state index is 12.0. The van der Waals surface area contributed by atoms with Crippen LogP contribution in [0.1, 0.15) is 42.9 Å². The van der Waals surface area contributed by atoms with Crippen molar-refractivity contribution in [2.45, 2.75) is 43.7 Å². The van der Waals surface area contributed by atoms with Crippen LogP contribution >= 0.6 is 0 Å². The fourth-order valence-corrected chi connectivity index (χ4v) is 3.05. The van der Waals surface area contributed by atoms with Crippen LogP contribution < -0.4 is 10.6 Å². The van der Waals surface area contributed by atoms with Crippen LogP contribution in [0.3, 0.4) is 0 Å². The number of aromatic nitrogens is 2. The zero-order chi connectivity index (χ0) is 17.3. The number of ether oxygens (including phenoxy) is 1. The number of carbonyl (C=O) groups excluding carboxylic acids is 1. The van der Waals surface area contributed by atoms with Crippen molar-refractivity contribution < 1.29 is 9.53 Å². The van der Waals surface area contributed by atoms with E-state index in [9.17, 15) is 4.79 Å². The van der Waals surface area contributed by atoms with Crippen molar-refractivity contribution in [2.24, 2.45) is 0 Å². The van der Waals surface area contributed by atoms with Crippen LogP contribution in [0, 0.1) is 0 Å². The Bertz CT molecular complexity index is 745. The number of benzene rings is 1. The van der Waals surface area contributed by atoms with Crippen LogP contribution in [-0.2, 0) is 11.3 Å². The zero-order valence-corrected chi connectivity index (χ0v) is 14.5. The van der Waals surface area contributed by atoms with E-state index in [0.717, 1.165) is 24.1 Å². The fraction of sp³-hybridized carbons (Fsp3) is 0.474. The lowest BCUT2D eigenvalue weighted by Gasteiger charge is -2.16. The minimum absolute atomic E-state index is 0.139. The molecule has 0 radical (unpaired) electrons. The second-order valence-electron chi connectivity index (χ2n) is 7.15. The number of amides is 2. The third-order valence-corrected chi connectivity index (χ3v) is 4.91. The van der Waals surface area contributed by atoms with Gasteiger partial charge in [-0.2, -0.15) is 5.10 Å². The fourth-order valence-electron chi connectivity index (χ4n) is 3.05. The van der Waals surface area contributed by atoms with Crippen molar-refractivity contribution in [3.63, 3.8) is 0 Å². The molecule has 4 rings (SSSR count). The van der Waals surface area contributed by atoms with E-state index < -0.39 is 0 Å². The van der Waals surface area contributed by atoms with Gasteiger partial charge in [-0.05, 0) is 49.4 Å². The predicted octanol–water partition coefficient (Wildman–Crippen LogP) is 2.73. The first-order valence-electron chi connectivity index (χ1n) is 8.87. The monoisotopic (exact) mass is 340 g/mol. The second kappa shape index (κ2) is 6.52. The topological polar surface area (TPSA) is 68.2 Å². The van der Waals surface area contributed by atoms with Crippen molar-refractivity contribution in [1.29, 1.82) is 0 Å². The first kappa shape index (κ1) is 16.1. The van der Waals surface area contributed by atoms with Gasteiger partial charge in [0.2, 0.25) is 0 Å². The van der Waals surface area contributed by atoms with Crippen LogP contribution in [0.25, 0.3) is 5.69 Å². The normalized spacial score (nSPS) is 18.0. The third-order valence-electron chi connectivity index (χ3n) is 4.91. The van der Waals surface area contributed by atoms with Gasteiger partial charge in [0.1, 0.15) is 0 Å². The molecule has 1 aromatic heterocycles.